The number of sulfonamides is 1. The van der Waals surface area contributed by atoms with Crippen LogP contribution >= 0.6 is 11.6 Å². The van der Waals surface area contributed by atoms with Gasteiger partial charge in [-0.05, 0) is 48.5 Å². The van der Waals surface area contributed by atoms with Gasteiger partial charge in [-0.1, -0.05) is 23.7 Å². The second-order valence-electron chi connectivity index (χ2n) is 5.88. The Morgan fingerprint density at radius 2 is 1.89 bits per heavy atom. The van der Waals surface area contributed by atoms with Gasteiger partial charge in [0.2, 0.25) is 0 Å². The third-order valence-electron chi connectivity index (χ3n) is 3.79. The van der Waals surface area contributed by atoms with Crippen LogP contribution in [0.1, 0.15) is 16.1 Å². The first-order valence-corrected chi connectivity index (χ1v) is 9.87. The van der Waals surface area contributed by atoms with Crippen molar-refractivity contribution < 1.29 is 17.6 Å². The molecule has 0 radical (unpaired) electrons. The molecule has 140 valence electrons. The van der Waals surface area contributed by atoms with E-state index in [2.05, 4.69) is 4.72 Å². The Kier molecular flexibility index (Phi) is 5.53. The minimum Gasteiger partial charge on any atom is -0.467 e. The lowest BCUT2D eigenvalue weighted by atomic mass is 10.2. The Balaban J connectivity index is 1.80. The van der Waals surface area contributed by atoms with Crippen molar-refractivity contribution in [3.63, 3.8) is 0 Å². The topological polar surface area (TPSA) is 79.6 Å². The zero-order valence-electron chi connectivity index (χ0n) is 14.4. The molecule has 2 aromatic carbocycles. The highest BCUT2D eigenvalue weighted by atomic mass is 35.5. The molecule has 0 atom stereocenters. The standard InChI is InChI=1S/C19H17ClN2O4S/c1-22(13-17-8-4-10-26-17)19(23)14-5-2-9-18(11-14)27(24,25)21-16-7-3-6-15(20)12-16/h2-12,21H,13H2,1H3. The highest BCUT2D eigenvalue weighted by molar-refractivity contribution is 7.92. The molecule has 1 amide bonds. The predicted octanol–water partition coefficient (Wildman–Crippen LogP) is 4.01. The van der Waals surface area contributed by atoms with Crippen LogP contribution in [0.25, 0.3) is 0 Å². The normalized spacial score (nSPS) is 11.2. The van der Waals surface area contributed by atoms with Gasteiger partial charge >= 0.3 is 0 Å². The second-order valence-corrected chi connectivity index (χ2v) is 8.00. The zero-order chi connectivity index (χ0) is 19.4. The van der Waals surface area contributed by atoms with Crippen LogP contribution in [0.2, 0.25) is 5.02 Å². The molecule has 1 heterocycles. The fourth-order valence-electron chi connectivity index (χ4n) is 2.49. The van der Waals surface area contributed by atoms with E-state index in [0.29, 0.717) is 16.5 Å². The summed E-state index contributed by atoms with van der Waals surface area (Å²) < 4.78 is 32.9. The van der Waals surface area contributed by atoms with Crippen LogP contribution in [0.4, 0.5) is 5.69 Å². The minimum atomic E-state index is -3.86. The molecule has 0 unspecified atom stereocenters. The molecular formula is C19H17ClN2O4S. The molecule has 0 fully saturated rings. The largest absolute Gasteiger partial charge is 0.467 e. The SMILES string of the molecule is CN(Cc1ccco1)C(=O)c1cccc(S(=O)(=O)Nc2cccc(Cl)c2)c1. The molecule has 3 aromatic rings. The van der Waals surface area contributed by atoms with Gasteiger partial charge < -0.3 is 9.32 Å². The lowest BCUT2D eigenvalue weighted by Gasteiger charge is -2.16. The molecule has 8 heteroatoms. The average molecular weight is 405 g/mol. The predicted molar refractivity (Wildman–Crippen MR) is 103 cm³/mol. The molecule has 0 aliphatic heterocycles. The van der Waals surface area contributed by atoms with Gasteiger partial charge in [0.15, 0.2) is 0 Å². The molecule has 27 heavy (non-hydrogen) atoms. The van der Waals surface area contributed by atoms with Crippen LogP contribution in [-0.4, -0.2) is 26.3 Å². The summed E-state index contributed by atoms with van der Waals surface area (Å²) in [5, 5.41) is 0.415. The number of halogens is 1. The van der Waals surface area contributed by atoms with E-state index in [1.54, 1.807) is 43.4 Å². The quantitative estimate of drug-likeness (QED) is 0.673. The number of hydrogen-bond acceptors (Lipinski definition) is 4. The summed E-state index contributed by atoms with van der Waals surface area (Å²) in [5.41, 5.74) is 0.604. The lowest BCUT2D eigenvalue weighted by Crippen LogP contribution is -2.26. The summed E-state index contributed by atoms with van der Waals surface area (Å²) in [6.07, 6.45) is 1.53. The summed E-state index contributed by atoms with van der Waals surface area (Å²) in [6.45, 7) is 0.281. The van der Waals surface area contributed by atoms with Crippen LogP contribution < -0.4 is 4.72 Å². The third-order valence-corrected chi connectivity index (χ3v) is 5.40. The highest BCUT2D eigenvalue weighted by Crippen LogP contribution is 2.20. The van der Waals surface area contributed by atoms with E-state index in [0.717, 1.165) is 0 Å². The molecule has 0 aliphatic carbocycles. The summed E-state index contributed by atoms with van der Waals surface area (Å²) in [6, 6.07) is 15.8. The van der Waals surface area contributed by atoms with Gasteiger partial charge in [0.1, 0.15) is 5.76 Å². The van der Waals surface area contributed by atoms with Crippen molar-refractivity contribution in [3.05, 3.63) is 83.3 Å². The zero-order valence-corrected chi connectivity index (χ0v) is 16.0. The maximum absolute atomic E-state index is 12.6. The Labute approximate surface area is 162 Å². The third kappa shape index (κ3) is 4.69. The van der Waals surface area contributed by atoms with E-state index >= 15 is 0 Å². The molecule has 0 bridgehead atoms. The molecule has 0 saturated carbocycles. The Morgan fingerprint density at radius 1 is 1.11 bits per heavy atom. The summed E-state index contributed by atoms with van der Waals surface area (Å²) in [5.74, 6) is 0.323. The summed E-state index contributed by atoms with van der Waals surface area (Å²) in [7, 11) is -2.24. The molecule has 6 nitrogen and oxygen atoms in total. The van der Waals surface area contributed by atoms with Gasteiger partial charge in [-0.3, -0.25) is 9.52 Å². The van der Waals surface area contributed by atoms with E-state index in [1.165, 1.54) is 35.4 Å². The Morgan fingerprint density at radius 3 is 2.59 bits per heavy atom. The number of anilines is 1. The van der Waals surface area contributed by atoms with Crippen LogP contribution in [-0.2, 0) is 16.6 Å². The summed E-state index contributed by atoms with van der Waals surface area (Å²) >= 11 is 5.89. The number of nitrogens with one attached hydrogen (secondary N) is 1. The number of nitrogens with zero attached hydrogens (tertiary/aromatic N) is 1. The molecule has 1 aromatic heterocycles. The number of amides is 1. The first kappa shape index (κ1) is 19.0. The maximum Gasteiger partial charge on any atom is 0.261 e. The second kappa shape index (κ2) is 7.85. The van der Waals surface area contributed by atoms with E-state index in [4.69, 9.17) is 16.0 Å². The smallest absolute Gasteiger partial charge is 0.261 e. The van der Waals surface area contributed by atoms with Crippen LogP contribution in [0, 0.1) is 0 Å². The van der Waals surface area contributed by atoms with Crippen LogP contribution in [0.3, 0.4) is 0 Å². The van der Waals surface area contributed by atoms with Crippen molar-refractivity contribution in [1.82, 2.24) is 4.90 Å². The van der Waals surface area contributed by atoms with Crippen molar-refractivity contribution in [3.8, 4) is 0 Å². The van der Waals surface area contributed by atoms with Gasteiger partial charge in [-0.2, -0.15) is 0 Å². The monoisotopic (exact) mass is 404 g/mol. The maximum atomic E-state index is 12.6. The lowest BCUT2D eigenvalue weighted by molar-refractivity contribution is 0.0775. The van der Waals surface area contributed by atoms with Crippen molar-refractivity contribution in [2.75, 3.05) is 11.8 Å². The van der Waals surface area contributed by atoms with Crippen molar-refractivity contribution in [2.45, 2.75) is 11.4 Å². The summed E-state index contributed by atoms with van der Waals surface area (Å²) in [4.78, 5) is 14.0. The molecule has 0 spiro atoms. The van der Waals surface area contributed by atoms with Gasteiger partial charge in [0.25, 0.3) is 15.9 Å². The van der Waals surface area contributed by atoms with Gasteiger partial charge in [0.05, 0.1) is 23.4 Å². The fourth-order valence-corrected chi connectivity index (χ4v) is 3.78. The minimum absolute atomic E-state index is 0.0141. The Bertz CT molecular complexity index is 1050. The fraction of sp³-hybridized carbons (Fsp3) is 0.105. The van der Waals surface area contributed by atoms with E-state index < -0.39 is 10.0 Å². The molecule has 3 rings (SSSR count). The number of rotatable bonds is 6. The number of carbonyl (C=O) groups is 1. The van der Waals surface area contributed by atoms with Crippen molar-refractivity contribution >= 4 is 33.2 Å². The number of hydrogen-bond donors (Lipinski definition) is 1. The first-order valence-electron chi connectivity index (χ1n) is 8.01. The van der Waals surface area contributed by atoms with Gasteiger partial charge in [-0.25, -0.2) is 8.42 Å². The van der Waals surface area contributed by atoms with Crippen molar-refractivity contribution in [2.24, 2.45) is 0 Å². The van der Waals surface area contributed by atoms with Crippen molar-refractivity contribution in [1.29, 1.82) is 0 Å². The number of carbonyl (C=O) groups excluding carboxylic acids is 1. The molecule has 0 saturated heterocycles. The number of benzene rings is 2. The van der Waals surface area contributed by atoms with Crippen LogP contribution in [0.15, 0.2) is 76.2 Å². The number of furan rings is 1. The Hall–Kier alpha value is -2.77. The van der Waals surface area contributed by atoms with E-state index in [9.17, 15) is 13.2 Å². The van der Waals surface area contributed by atoms with Gasteiger partial charge in [0, 0.05) is 17.6 Å². The molecular weight excluding hydrogens is 388 g/mol. The average Bonchev–Trinajstić information content (AvgIpc) is 3.14. The van der Waals surface area contributed by atoms with Crippen LogP contribution in [0.5, 0.6) is 0 Å². The first-order chi connectivity index (χ1) is 12.8. The van der Waals surface area contributed by atoms with E-state index in [1.807, 2.05) is 0 Å². The molecule has 0 aliphatic rings. The van der Waals surface area contributed by atoms with Gasteiger partial charge in [-0.15, -0.1) is 0 Å². The molecule has 1 N–H and O–H groups in total. The highest BCUT2D eigenvalue weighted by Gasteiger charge is 2.19. The van der Waals surface area contributed by atoms with E-state index in [-0.39, 0.29) is 22.9 Å².